The van der Waals surface area contributed by atoms with Crippen molar-refractivity contribution in [2.75, 3.05) is 7.11 Å². The van der Waals surface area contributed by atoms with Gasteiger partial charge in [-0.15, -0.1) is 5.10 Å². The van der Waals surface area contributed by atoms with Gasteiger partial charge in [-0.25, -0.2) is 4.57 Å². The fraction of sp³-hybridized carbons (Fsp3) is 0.0435. The molecule has 3 aromatic carbocycles. The molecule has 152 valence electrons. The van der Waals surface area contributed by atoms with Crippen LogP contribution >= 0.6 is 0 Å². The molecule has 0 saturated carbocycles. The molecular formula is C23H17N5O3. The van der Waals surface area contributed by atoms with E-state index in [1.807, 2.05) is 48.5 Å². The summed E-state index contributed by atoms with van der Waals surface area (Å²) in [7, 11) is 1.59. The van der Waals surface area contributed by atoms with E-state index in [1.165, 1.54) is 9.25 Å². The largest absolute Gasteiger partial charge is 0.497 e. The van der Waals surface area contributed by atoms with Gasteiger partial charge in [-0.05, 0) is 48.5 Å². The number of methoxy groups -OCH3 is 1. The molecule has 0 radical (unpaired) electrons. The van der Waals surface area contributed by atoms with Crippen molar-refractivity contribution in [1.29, 1.82) is 0 Å². The molecule has 5 rings (SSSR count). The van der Waals surface area contributed by atoms with Gasteiger partial charge in [0.15, 0.2) is 11.2 Å². The summed E-state index contributed by atoms with van der Waals surface area (Å²) >= 11 is 0. The third kappa shape index (κ3) is 3.40. The highest BCUT2D eigenvalue weighted by Gasteiger charge is 2.20. The standard InChI is InChI=1S/C23H17N5O3/c1-30-18-12-14-19(15-13-18)31-23-24-21-20(22(29)27(23)16-8-4-2-5-9-16)25-26-28(21)17-10-6-3-7-11-17/h2-15H,1H3. The van der Waals surface area contributed by atoms with Crippen LogP contribution in [-0.2, 0) is 0 Å². The van der Waals surface area contributed by atoms with E-state index in [9.17, 15) is 4.79 Å². The van der Waals surface area contributed by atoms with Crippen molar-refractivity contribution in [2.45, 2.75) is 0 Å². The SMILES string of the molecule is COc1ccc(Oc2nc3c(nnn3-c3ccccc3)c(=O)n2-c2ccccc2)cc1. The second kappa shape index (κ2) is 7.75. The number of fused-ring (bicyclic) bond motifs is 1. The zero-order valence-electron chi connectivity index (χ0n) is 16.5. The van der Waals surface area contributed by atoms with Gasteiger partial charge >= 0.3 is 6.01 Å². The lowest BCUT2D eigenvalue weighted by Crippen LogP contribution is -2.21. The summed E-state index contributed by atoms with van der Waals surface area (Å²) < 4.78 is 14.1. The number of rotatable bonds is 5. The van der Waals surface area contributed by atoms with Gasteiger partial charge in [-0.2, -0.15) is 9.67 Å². The van der Waals surface area contributed by atoms with Crippen molar-refractivity contribution in [3.8, 4) is 28.9 Å². The molecule has 5 aromatic rings. The van der Waals surface area contributed by atoms with Crippen LogP contribution in [0.1, 0.15) is 0 Å². The first-order valence-electron chi connectivity index (χ1n) is 9.56. The van der Waals surface area contributed by atoms with Crippen LogP contribution in [0, 0.1) is 0 Å². The fourth-order valence-corrected chi connectivity index (χ4v) is 3.21. The number of ether oxygens (including phenoxy) is 2. The second-order valence-electron chi connectivity index (χ2n) is 6.66. The third-order valence-corrected chi connectivity index (χ3v) is 4.73. The number of benzene rings is 3. The zero-order valence-corrected chi connectivity index (χ0v) is 16.5. The van der Waals surface area contributed by atoms with E-state index in [4.69, 9.17) is 9.47 Å². The predicted octanol–water partition coefficient (Wildman–Crippen LogP) is 3.77. The summed E-state index contributed by atoms with van der Waals surface area (Å²) in [5, 5.41) is 8.25. The zero-order chi connectivity index (χ0) is 21.2. The van der Waals surface area contributed by atoms with Crippen LogP contribution < -0.4 is 15.0 Å². The third-order valence-electron chi connectivity index (χ3n) is 4.73. The van der Waals surface area contributed by atoms with Crippen molar-refractivity contribution in [2.24, 2.45) is 0 Å². The molecule has 0 bridgehead atoms. The van der Waals surface area contributed by atoms with Crippen molar-refractivity contribution in [3.63, 3.8) is 0 Å². The molecule has 31 heavy (non-hydrogen) atoms. The molecule has 0 saturated heterocycles. The molecule has 0 unspecified atom stereocenters. The topological polar surface area (TPSA) is 84.1 Å². The van der Waals surface area contributed by atoms with Crippen LogP contribution in [0.3, 0.4) is 0 Å². The summed E-state index contributed by atoms with van der Waals surface area (Å²) in [6.45, 7) is 0. The highest BCUT2D eigenvalue weighted by molar-refractivity contribution is 5.71. The van der Waals surface area contributed by atoms with E-state index in [0.29, 0.717) is 22.8 Å². The van der Waals surface area contributed by atoms with Gasteiger partial charge in [0, 0.05) is 0 Å². The normalized spacial score (nSPS) is 10.9. The Balaban J connectivity index is 1.72. The minimum Gasteiger partial charge on any atom is -0.497 e. The summed E-state index contributed by atoms with van der Waals surface area (Å²) in [6.07, 6.45) is 0. The summed E-state index contributed by atoms with van der Waals surface area (Å²) in [4.78, 5) is 18.0. The van der Waals surface area contributed by atoms with Gasteiger partial charge < -0.3 is 9.47 Å². The minimum absolute atomic E-state index is 0.105. The molecule has 0 fully saturated rings. The summed E-state index contributed by atoms with van der Waals surface area (Å²) in [5.41, 5.74) is 1.44. The highest BCUT2D eigenvalue weighted by Crippen LogP contribution is 2.25. The van der Waals surface area contributed by atoms with Crippen LogP contribution in [0.2, 0.25) is 0 Å². The van der Waals surface area contributed by atoms with Crippen LogP contribution in [0.25, 0.3) is 22.5 Å². The Morgan fingerprint density at radius 3 is 2.03 bits per heavy atom. The maximum atomic E-state index is 13.4. The van der Waals surface area contributed by atoms with Crippen LogP contribution in [0.5, 0.6) is 17.5 Å². The van der Waals surface area contributed by atoms with E-state index in [2.05, 4.69) is 15.3 Å². The Hall–Kier alpha value is -4.46. The molecule has 8 nitrogen and oxygen atoms in total. The first-order valence-corrected chi connectivity index (χ1v) is 9.56. The molecule has 0 amide bonds. The Bertz CT molecular complexity index is 1390. The molecule has 2 heterocycles. The maximum Gasteiger partial charge on any atom is 0.311 e. The Morgan fingerprint density at radius 1 is 0.774 bits per heavy atom. The van der Waals surface area contributed by atoms with Crippen LogP contribution in [-0.4, -0.2) is 31.7 Å². The lowest BCUT2D eigenvalue weighted by Gasteiger charge is -2.13. The Kier molecular flexibility index (Phi) is 4.64. The lowest BCUT2D eigenvalue weighted by molar-refractivity contribution is 0.408. The molecule has 0 atom stereocenters. The molecule has 0 N–H and O–H groups in total. The first-order chi connectivity index (χ1) is 15.2. The molecule has 8 heteroatoms. The van der Waals surface area contributed by atoms with Gasteiger partial charge in [0.25, 0.3) is 5.56 Å². The summed E-state index contributed by atoms with van der Waals surface area (Å²) in [5.74, 6) is 1.21. The average Bonchev–Trinajstić information content (AvgIpc) is 3.25. The van der Waals surface area contributed by atoms with Gasteiger partial charge in [0.05, 0.1) is 18.5 Å². The van der Waals surface area contributed by atoms with Gasteiger partial charge in [-0.3, -0.25) is 4.79 Å². The summed E-state index contributed by atoms with van der Waals surface area (Å²) in [6, 6.07) is 25.7. The molecule has 0 aliphatic heterocycles. The Labute approximate surface area is 176 Å². The molecule has 0 spiro atoms. The van der Waals surface area contributed by atoms with Crippen molar-refractivity contribution >= 4 is 11.2 Å². The van der Waals surface area contributed by atoms with E-state index in [0.717, 1.165) is 5.69 Å². The monoisotopic (exact) mass is 411 g/mol. The number of hydrogen-bond donors (Lipinski definition) is 0. The minimum atomic E-state index is -0.373. The van der Waals surface area contributed by atoms with Crippen LogP contribution in [0.15, 0.2) is 89.7 Å². The Morgan fingerprint density at radius 2 is 1.39 bits per heavy atom. The van der Waals surface area contributed by atoms with Crippen molar-refractivity contribution in [1.82, 2.24) is 24.5 Å². The van der Waals surface area contributed by atoms with Crippen LogP contribution in [0.4, 0.5) is 0 Å². The van der Waals surface area contributed by atoms with E-state index < -0.39 is 0 Å². The van der Waals surface area contributed by atoms with Gasteiger partial charge in [-0.1, -0.05) is 41.6 Å². The van der Waals surface area contributed by atoms with E-state index >= 15 is 0 Å². The number of para-hydroxylation sites is 2. The quantitative estimate of drug-likeness (QED) is 0.438. The smallest absolute Gasteiger partial charge is 0.311 e. The fourth-order valence-electron chi connectivity index (χ4n) is 3.21. The first kappa shape index (κ1) is 18.6. The van der Waals surface area contributed by atoms with Crippen molar-refractivity contribution in [3.05, 3.63) is 95.3 Å². The van der Waals surface area contributed by atoms with Gasteiger partial charge in [0.2, 0.25) is 0 Å². The van der Waals surface area contributed by atoms with Crippen molar-refractivity contribution < 1.29 is 9.47 Å². The lowest BCUT2D eigenvalue weighted by atomic mass is 10.3. The molecule has 0 aliphatic carbocycles. The van der Waals surface area contributed by atoms with E-state index in [-0.39, 0.29) is 17.1 Å². The maximum absolute atomic E-state index is 13.4. The molecule has 2 aromatic heterocycles. The number of nitrogens with zero attached hydrogens (tertiary/aromatic N) is 5. The highest BCUT2D eigenvalue weighted by atomic mass is 16.5. The second-order valence-corrected chi connectivity index (χ2v) is 6.66. The molecule has 0 aliphatic rings. The number of aromatic nitrogens is 5. The van der Waals surface area contributed by atoms with E-state index in [1.54, 1.807) is 43.5 Å². The average molecular weight is 411 g/mol. The predicted molar refractivity (Wildman–Crippen MR) is 115 cm³/mol. The van der Waals surface area contributed by atoms with Gasteiger partial charge in [0.1, 0.15) is 11.5 Å². The molecular weight excluding hydrogens is 394 g/mol. The number of hydrogen-bond acceptors (Lipinski definition) is 6.